The van der Waals surface area contributed by atoms with Crippen molar-refractivity contribution in [2.45, 2.75) is 90.1 Å². The van der Waals surface area contributed by atoms with Gasteiger partial charge in [0, 0.05) is 6.42 Å². The predicted octanol–water partition coefficient (Wildman–Crippen LogP) is 4.99. The van der Waals surface area contributed by atoms with Crippen molar-refractivity contribution in [2.75, 3.05) is 47.5 Å². The summed E-state index contributed by atoms with van der Waals surface area (Å²) < 4.78 is 27.0. The maximum absolute atomic E-state index is 11.8. The van der Waals surface area contributed by atoms with Crippen molar-refractivity contribution in [3.63, 3.8) is 0 Å². The van der Waals surface area contributed by atoms with E-state index in [-0.39, 0.29) is 19.2 Å². The van der Waals surface area contributed by atoms with Gasteiger partial charge in [-0.2, -0.15) is 0 Å². The summed E-state index contributed by atoms with van der Waals surface area (Å²) in [5.41, 5.74) is 0. The van der Waals surface area contributed by atoms with E-state index in [1.807, 2.05) is 21.1 Å². The lowest BCUT2D eigenvalue weighted by Gasteiger charge is -2.24. The van der Waals surface area contributed by atoms with Crippen LogP contribution in [-0.4, -0.2) is 74.1 Å². The van der Waals surface area contributed by atoms with Crippen molar-refractivity contribution in [1.29, 1.82) is 0 Å². The fourth-order valence-electron chi connectivity index (χ4n) is 2.94. The monoisotopic (exact) mass is 494 g/mol. The molecule has 0 radical (unpaired) electrons. The maximum atomic E-state index is 11.8. The molecule has 0 aliphatic carbocycles. The Morgan fingerprint density at radius 3 is 2.09 bits per heavy atom. The molecular formula is C24H49NO7P+. The van der Waals surface area contributed by atoms with Gasteiger partial charge >= 0.3 is 13.8 Å². The number of likely N-dealkylation sites (N-methyl/N-ethyl adjacent to an activating group) is 1. The van der Waals surface area contributed by atoms with E-state index in [2.05, 4.69) is 19.1 Å². The first kappa shape index (κ1) is 32.2. The molecule has 0 saturated carbocycles. The third-order valence-corrected chi connectivity index (χ3v) is 6.01. The number of quaternary nitrogens is 1. The van der Waals surface area contributed by atoms with Crippen LogP contribution in [0.1, 0.15) is 84.0 Å². The number of hydrogen-bond donors (Lipinski definition) is 2. The molecule has 33 heavy (non-hydrogen) atoms. The number of aliphatic hydroxyl groups is 1. The van der Waals surface area contributed by atoms with Crippen molar-refractivity contribution in [1.82, 2.24) is 0 Å². The molecule has 2 N–H and O–H groups in total. The lowest BCUT2D eigenvalue weighted by Crippen LogP contribution is -2.37. The number of aliphatic hydroxyl groups excluding tert-OH is 1. The van der Waals surface area contributed by atoms with Gasteiger partial charge in [-0.05, 0) is 32.1 Å². The van der Waals surface area contributed by atoms with Gasteiger partial charge in [-0.3, -0.25) is 13.8 Å². The van der Waals surface area contributed by atoms with Gasteiger partial charge in [-0.1, -0.05) is 57.6 Å². The molecule has 0 fully saturated rings. The highest BCUT2D eigenvalue weighted by Gasteiger charge is 2.24. The van der Waals surface area contributed by atoms with E-state index in [0.29, 0.717) is 17.4 Å². The third-order valence-electron chi connectivity index (χ3n) is 5.03. The van der Waals surface area contributed by atoms with E-state index in [9.17, 15) is 19.4 Å². The number of rotatable bonds is 22. The first-order chi connectivity index (χ1) is 15.6. The van der Waals surface area contributed by atoms with Crippen LogP contribution in [0.15, 0.2) is 12.2 Å². The number of phosphoric ester groups is 1. The zero-order chi connectivity index (χ0) is 25.0. The molecule has 0 spiro atoms. The normalized spacial score (nSPS) is 15.0. The van der Waals surface area contributed by atoms with Crippen molar-refractivity contribution in [3.05, 3.63) is 12.2 Å². The number of carbonyl (C=O) groups is 1. The van der Waals surface area contributed by atoms with Crippen LogP contribution in [-0.2, 0) is 23.1 Å². The minimum atomic E-state index is -4.24. The molecule has 0 amide bonds. The molecule has 0 aromatic heterocycles. The molecule has 8 nitrogen and oxygen atoms in total. The number of hydrogen-bond acceptors (Lipinski definition) is 6. The molecule has 196 valence electrons. The van der Waals surface area contributed by atoms with Crippen LogP contribution in [0.25, 0.3) is 0 Å². The summed E-state index contributed by atoms with van der Waals surface area (Å²) >= 11 is 0. The Kier molecular flexibility index (Phi) is 19.1. The Labute approximate surface area is 201 Å². The molecule has 2 atom stereocenters. The van der Waals surface area contributed by atoms with Crippen molar-refractivity contribution in [2.24, 2.45) is 0 Å². The molecular weight excluding hydrogens is 445 g/mol. The fraction of sp³-hybridized carbons (Fsp3) is 0.875. The molecule has 0 aliphatic rings. The summed E-state index contributed by atoms with van der Waals surface area (Å²) in [5, 5.41) is 9.80. The Morgan fingerprint density at radius 1 is 0.909 bits per heavy atom. The van der Waals surface area contributed by atoms with Gasteiger partial charge in [-0.25, -0.2) is 4.57 Å². The average molecular weight is 495 g/mol. The van der Waals surface area contributed by atoms with Gasteiger partial charge in [0.05, 0.1) is 27.7 Å². The Balaban J connectivity index is 3.63. The summed E-state index contributed by atoms with van der Waals surface area (Å²) in [4.78, 5) is 21.4. The van der Waals surface area contributed by atoms with Crippen molar-refractivity contribution in [3.8, 4) is 0 Å². The second kappa shape index (κ2) is 19.5. The van der Waals surface area contributed by atoms with Gasteiger partial charge in [-0.15, -0.1) is 0 Å². The summed E-state index contributed by atoms with van der Waals surface area (Å²) in [6, 6.07) is 0. The number of carbonyl (C=O) groups excluding carboxylic acids is 1. The minimum absolute atomic E-state index is 0.0538. The first-order valence-electron chi connectivity index (χ1n) is 12.5. The molecule has 0 bridgehead atoms. The van der Waals surface area contributed by atoms with E-state index in [4.69, 9.17) is 13.8 Å². The standard InChI is InChI=1S/C24H48NO7P/c1-5-6-7-8-9-10-11-12-13-14-15-16-17-18-24(27)30-21-23(26)22-32-33(28,29)31-20-19-25(2,3)4/h10-11,23,26H,5-9,12-22H2,1-4H3/p+1/b11-10+/t23-/m1/s1. The van der Waals surface area contributed by atoms with Crippen LogP contribution in [0.2, 0.25) is 0 Å². The van der Waals surface area contributed by atoms with Crippen LogP contribution >= 0.6 is 7.82 Å². The van der Waals surface area contributed by atoms with E-state index in [0.717, 1.165) is 32.1 Å². The predicted molar refractivity (Wildman–Crippen MR) is 132 cm³/mol. The van der Waals surface area contributed by atoms with Gasteiger partial charge in [0.15, 0.2) is 0 Å². The summed E-state index contributed by atoms with van der Waals surface area (Å²) in [5.74, 6) is -0.383. The van der Waals surface area contributed by atoms with Crippen LogP contribution in [0, 0.1) is 0 Å². The zero-order valence-corrected chi connectivity index (χ0v) is 22.3. The van der Waals surface area contributed by atoms with Gasteiger partial charge in [0.2, 0.25) is 0 Å². The molecule has 0 aromatic rings. The van der Waals surface area contributed by atoms with E-state index >= 15 is 0 Å². The average Bonchev–Trinajstić information content (AvgIpc) is 2.73. The summed E-state index contributed by atoms with van der Waals surface area (Å²) in [6.07, 6.45) is 16.4. The minimum Gasteiger partial charge on any atom is -0.463 e. The maximum Gasteiger partial charge on any atom is 0.472 e. The first-order valence-corrected chi connectivity index (χ1v) is 14.0. The molecule has 9 heteroatoms. The highest BCUT2D eigenvalue weighted by atomic mass is 31.2. The number of phosphoric acid groups is 1. The zero-order valence-electron chi connectivity index (χ0n) is 21.4. The Hall–Kier alpha value is -0.760. The number of allylic oxidation sites excluding steroid dienone is 2. The Bertz CT molecular complexity index is 564. The van der Waals surface area contributed by atoms with Crippen LogP contribution in [0.5, 0.6) is 0 Å². The quantitative estimate of drug-likeness (QED) is 0.0719. The molecule has 1 unspecified atom stereocenters. The number of unbranched alkanes of at least 4 members (excludes halogenated alkanes) is 9. The number of esters is 1. The summed E-state index contributed by atoms with van der Waals surface area (Å²) in [6.45, 7) is 2.09. The molecule has 0 aliphatic heterocycles. The van der Waals surface area contributed by atoms with Crippen LogP contribution in [0.3, 0.4) is 0 Å². The van der Waals surface area contributed by atoms with Crippen LogP contribution in [0.4, 0.5) is 0 Å². The van der Waals surface area contributed by atoms with E-state index in [1.165, 1.54) is 38.5 Å². The molecule has 0 rings (SSSR count). The van der Waals surface area contributed by atoms with Crippen molar-refractivity contribution < 1.29 is 37.6 Å². The second-order valence-corrected chi connectivity index (χ2v) is 11.0. The van der Waals surface area contributed by atoms with Crippen molar-refractivity contribution >= 4 is 13.8 Å². The van der Waals surface area contributed by atoms with E-state index < -0.39 is 20.5 Å². The highest BCUT2D eigenvalue weighted by molar-refractivity contribution is 7.47. The lowest BCUT2D eigenvalue weighted by atomic mass is 10.1. The number of nitrogens with zero attached hydrogens (tertiary/aromatic N) is 1. The fourth-order valence-corrected chi connectivity index (χ4v) is 3.69. The Morgan fingerprint density at radius 2 is 1.48 bits per heavy atom. The molecule has 0 heterocycles. The number of ether oxygens (including phenoxy) is 1. The largest absolute Gasteiger partial charge is 0.472 e. The van der Waals surface area contributed by atoms with Gasteiger partial charge in [0.25, 0.3) is 0 Å². The van der Waals surface area contributed by atoms with E-state index in [1.54, 1.807) is 0 Å². The second-order valence-electron chi connectivity index (χ2n) is 9.58. The topological polar surface area (TPSA) is 102 Å². The third kappa shape index (κ3) is 24.2. The molecule has 0 saturated heterocycles. The lowest BCUT2D eigenvalue weighted by molar-refractivity contribution is -0.870. The summed E-state index contributed by atoms with van der Waals surface area (Å²) in [7, 11) is 1.55. The van der Waals surface area contributed by atoms with Gasteiger partial charge in [0.1, 0.15) is 25.9 Å². The molecule has 0 aromatic carbocycles. The highest BCUT2D eigenvalue weighted by Crippen LogP contribution is 2.43. The van der Waals surface area contributed by atoms with Crippen LogP contribution < -0.4 is 0 Å². The SMILES string of the molecule is CCCCCC/C=C/CCCCCCCC(=O)OC[C@@H](O)COP(=O)(O)OCC[N+](C)(C)C. The smallest absolute Gasteiger partial charge is 0.463 e. The van der Waals surface area contributed by atoms with Gasteiger partial charge < -0.3 is 19.2 Å².